The molecule has 0 bridgehead atoms. The number of ether oxygens (including phenoxy) is 4. The van der Waals surface area contributed by atoms with E-state index in [1.807, 2.05) is 84.9 Å². The molecule has 12 heteroatoms. The summed E-state index contributed by atoms with van der Waals surface area (Å²) in [7, 11) is 3.17. The number of carbonyl (C=O) groups excluding carboxylic acids is 1. The number of aromatic nitrogens is 4. The number of nitrogens with zero attached hydrogens (tertiary/aromatic N) is 4. The fraction of sp³-hybridized carbons (Fsp3) is 0.211. The third kappa shape index (κ3) is 5.93. The van der Waals surface area contributed by atoms with Gasteiger partial charge < -0.3 is 29.4 Å². The Kier molecular flexibility index (Phi) is 9.22. The predicted octanol–water partition coefficient (Wildman–Crippen LogP) is 5.70. The van der Waals surface area contributed by atoms with Gasteiger partial charge >= 0.3 is 0 Å². The molecule has 1 aliphatic heterocycles. The highest BCUT2D eigenvalue weighted by Crippen LogP contribution is 2.47. The Balaban J connectivity index is 1.35. The molecule has 254 valence electrons. The molecule has 4 unspecified atom stereocenters. The van der Waals surface area contributed by atoms with Gasteiger partial charge in [-0.1, -0.05) is 72.8 Å². The second kappa shape index (κ2) is 14.0. The fourth-order valence-corrected chi connectivity index (χ4v) is 6.32. The molecule has 6 aromatic rings. The number of anilines is 1. The van der Waals surface area contributed by atoms with Crippen molar-refractivity contribution in [2.45, 2.75) is 30.2 Å². The molecule has 1 fully saturated rings. The van der Waals surface area contributed by atoms with Crippen LogP contribution in [-0.2, 0) is 15.1 Å². The lowest BCUT2D eigenvalue weighted by atomic mass is 9.79. The first kappa shape index (κ1) is 32.8. The molecular formula is C38H34FN5O6. The van der Waals surface area contributed by atoms with Crippen molar-refractivity contribution in [3.63, 3.8) is 0 Å². The van der Waals surface area contributed by atoms with Gasteiger partial charge in [-0.2, -0.15) is 0 Å². The zero-order valence-electron chi connectivity index (χ0n) is 27.2. The first-order valence-electron chi connectivity index (χ1n) is 15.9. The summed E-state index contributed by atoms with van der Waals surface area (Å²) in [5.41, 5.74) is 1.69. The smallest absolute Gasteiger partial charge is 0.256 e. The monoisotopic (exact) mass is 675 g/mol. The first-order chi connectivity index (χ1) is 24.5. The minimum atomic E-state index is -1.78. The highest BCUT2D eigenvalue weighted by atomic mass is 19.1. The largest absolute Gasteiger partial charge is 0.497 e. The van der Waals surface area contributed by atoms with Crippen LogP contribution in [0.4, 0.5) is 10.2 Å². The Bertz CT molecular complexity index is 2010. The van der Waals surface area contributed by atoms with E-state index in [-0.39, 0.29) is 22.9 Å². The van der Waals surface area contributed by atoms with E-state index in [1.165, 1.54) is 12.7 Å². The number of alkyl halides is 1. The molecular weight excluding hydrogens is 641 g/mol. The first-order valence-corrected chi connectivity index (χ1v) is 15.9. The molecule has 0 saturated carbocycles. The average molecular weight is 676 g/mol. The Labute approximate surface area is 287 Å². The van der Waals surface area contributed by atoms with Crippen molar-refractivity contribution in [3.05, 3.63) is 144 Å². The highest BCUT2D eigenvalue weighted by molar-refractivity contribution is 6.06. The van der Waals surface area contributed by atoms with E-state index in [4.69, 9.17) is 18.9 Å². The minimum absolute atomic E-state index is 0.170. The molecule has 4 aromatic carbocycles. The van der Waals surface area contributed by atoms with Crippen LogP contribution in [0.1, 0.15) is 33.3 Å². The number of fused-ring (bicyclic) bond motifs is 1. The number of amides is 1. The number of methoxy groups -OCH3 is 2. The number of carbonyl (C=O) groups is 1. The number of hydrogen-bond donors (Lipinski definition) is 2. The van der Waals surface area contributed by atoms with Crippen LogP contribution >= 0.6 is 0 Å². The van der Waals surface area contributed by atoms with Gasteiger partial charge in [-0.15, -0.1) is 0 Å². The molecule has 11 nitrogen and oxygen atoms in total. The number of halogens is 1. The van der Waals surface area contributed by atoms with Gasteiger partial charge in [0.05, 0.1) is 27.2 Å². The highest BCUT2D eigenvalue weighted by Gasteiger charge is 2.52. The summed E-state index contributed by atoms with van der Waals surface area (Å²) in [6.45, 7) is -0.596. The number of aliphatic hydroxyl groups is 1. The van der Waals surface area contributed by atoms with Gasteiger partial charge in [0, 0.05) is 5.56 Å². The number of aliphatic hydroxyl groups excluding tert-OH is 1. The van der Waals surface area contributed by atoms with Gasteiger partial charge in [-0.25, -0.2) is 19.3 Å². The second-order valence-corrected chi connectivity index (χ2v) is 11.6. The summed E-state index contributed by atoms with van der Waals surface area (Å²) in [4.78, 5) is 26.2. The van der Waals surface area contributed by atoms with Gasteiger partial charge in [0.2, 0.25) is 0 Å². The van der Waals surface area contributed by atoms with Crippen molar-refractivity contribution in [3.8, 4) is 11.5 Å². The molecule has 1 saturated heterocycles. The third-order valence-corrected chi connectivity index (χ3v) is 8.83. The summed E-state index contributed by atoms with van der Waals surface area (Å²) in [6.07, 6.45) is -2.71. The maximum Gasteiger partial charge on any atom is 0.256 e. The summed E-state index contributed by atoms with van der Waals surface area (Å²) in [6, 6.07) is 33.0. The predicted molar refractivity (Wildman–Crippen MR) is 183 cm³/mol. The van der Waals surface area contributed by atoms with Crippen LogP contribution in [0, 0.1) is 0 Å². The van der Waals surface area contributed by atoms with Crippen LogP contribution in [0.2, 0.25) is 0 Å². The van der Waals surface area contributed by atoms with Crippen molar-refractivity contribution in [2.75, 3.05) is 26.1 Å². The summed E-state index contributed by atoms with van der Waals surface area (Å²) in [5.74, 6) is 1.06. The second-order valence-electron chi connectivity index (χ2n) is 11.6. The third-order valence-electron chi connectivity index (χ3n) is 8.83. The zero-order chi connectivity index (χ0) is 34.7. The lowest BCUT2D eigenvalue weighted by molar-refractivity contribution is -0.115. The molecule has 1 aliphatic rings. The van der Waals surface area contributed by atoms with E-state index in [2.05, 4.69) is 20.3 Å². The SMILES string of the molecule is COc1ccc(C(OC2C(F)C(CO)OC2n2cnc3c(NC(=O)c4ccccc4)ncnc32)(c2ccccc2)c2ccc(OC)cc2)cc1. The molecule has 4 atom stereocenters. The Morgan fingerprint density at radius 2 is 1.42 bits per heavy atom. The van der Waals surface area contributed by atoms with E-state index in [0.717, 1.165) is 5.56 Å². The maximum atomic E-state index is 16.7. The van der Waals surface area contributed by atoms with Crippen LogP contribution in [0.15, 0.2) is 122 Å². The van der Waals surface area contributed by atoms with Gasteiger partial charge in [0.15, 0.2) is 29.4 Å². The molecule has 0 aliphatic carbocycles. The van der Waals surface area contributed by atoms with E-state index in [9.17, 15) is 9.90 Å². The van der Waals surface area contributed by atoms with E-state index in [0.29, 0.717) is 28.2 Å². The summed E-state index contributed by atoms with van der Waals surface area (Å²) >= 11 is 0. The number of rotatable bonds is 11. The summed E-state index contributed by atoms with van der Waals surface area (Å²) < 4.78 is 42.4. The lowest BCUT2D eigenvalue weighted by Crippen LogP contribution is -2.42. The van der Waals surface area contributed by atoms with E-state index >= 15 is 4.39 Å². The zero-order valence-corrected chi connectivity index (χ0v) is 27.2. The van der Waals surface area contributed by atoms with Crippen LogP contribution in [-0.4, -0.2) is 69.7 Å². The molecule has 50 heavy (non-hydrogen) atoms. The number of imidazole rings is 1. The topological polar surface area (TPSA) is 130 Å². The van der Waals surface area contributed by atoms with Gasteiger partial charge in [-0.05, 0) is 53.1 Å². The van der Waals surface area contributed by atoms with Crippen LogP contribution in [0.25, 0.3) is 11.2 Å². The Hall–Kier alpha value is -5.69. The van der Waals surface area contributed by atoms with Crippen LogP contribution in [0.3, 0.4) is 0 Å². The quantitative estimate of drug-likeness (QED) is 0.166. The number of hydrogen-bond acceptors (Lipinski definition) is 9. The molecule has 3 heterocycles. The number of nitrogens with one attached hydrogen (secondary N) is 1. The van der Waals surface area contributed by atoms with Crippen molar-refractivity contribution in [1.82, 2.24) is 19.5 Å². The van der Waals surface area contributed by atoms with E-state index < -0.39 is 36.8 Å². The van der Waals surface area contributed by atoms with Gasteiger partial charge in [-0.3, -0.25) is 9.36 Å². The number of benzene rings is 4. The molecule has 0 radical (unpaired) electrons. The molecule has 0 spiro atoms. The Morgan fingerprint density at radius 3 is 2.00 bits per heavy atom. The maximum absolute atomic E-state index is 16.7. The van der Waals surface area contributed by atoms with Gasteiger partial charge in [0.1, 0.15) is 35.6 Å². The van der Waals surface area contributed by atoms with Crippen molar-refractivity contribution in [1.29, 1.82) is 0 Å². The van der Waals surface area contributed by atoms with E-state index in [1.54, 1.807) is 43.1 Å². The van der Waals surface area contributed by atoms with Crippen LogP contribution in [0.5, 0.6) is 11.5 Å². The average Bonchev–Trinajstić information content (AvgIpc) is 3.75. The van der Waals surface area contributed by atoms with Crippen LogP contribution < -0.4 is 14.8 Å². The minimum Gasteiger partial charge on any atom is -0.497 e. The van der Waals surface area contributed by atoms with Crippen molar-refractivity contribution < 1.29 is 33.2 Å². The van der Waals surface area contributed by atoms with Crippen molar-refractivity contribution >= 4 is 22.9 Å². The lowest BCUT2D eigenvalue weighted by Gasteiger charge is -2.39. The van der Waals surface area contributed by atoms with Crippen molar-refractivity contribution in [2.24, 2.45) is 0 Å². The standard InChI is InChI=1S/C38H34FN5O6/c1-47-28-17-13-26(14-18-28)38(25-11-7-4-8-12-25,27-15-19-29(48-2)20-16-27)50-33-31(39)30(21-45)49-37(33)44-23-42-32-34(40-22-41-35(32)44)43-36(46)24-9-5-3-6-10-24/h3-20,22-23,30-31,33,37,45H,21H2,1-2H3,(H,40,41,43,46). The molecule has 1 amide bonds. The Morgan fingerprint density at radius 1 is 0.840 bits per heavy atom. The van der Waals surface area contributed by atoms with Gasteiger partial charge in [0.25, 0.3) is 5.91 Å². The fourth-order valence-electron chi connectivity index (χ4n) is 6.32. The molecule has 7 rings (SSSR count). The normalized spacial score (nSPS) is 19.0. The molecule has 2 N–H and O–H groups in total. The summed E-state index contributed by atoms with van der Waals surface area (Å²) in [5, 5.41) is 13.0. The molecule has 2 aromatic heterocycles.